The highest BCUT2D eigenvalue weighted by Crippen LogP contribution is 2.59. The molecule has 3 heterocycles. The van der Waals surface area contributed by atoms with Crippen molar-refractivity contribution in [2.45, 2.75) is 61.9 Å². The number of likely N-dealkylation sites (tertiary alicyclic amines) is 1. The van der Waals surface area contributed by atoms with Crippen molar-refractivity contribution >= 4 is 29.4 Å². The van der Waals surface area contributed by atoms with Crippen LogP contribution in [-0.2, 0) is 35.1 Å². The molecule has 3 aromatic rings. The molecule has 3 aliphatic rings. The molecule has 1 spiro atoms. The second kappa shape index (κ2) is 16.6. The molecule has 3 amide bonds. The van der Waals surface area contributed by atoms with Crippen LogP contribution in [0.4, 0.5) is 5.69 Å². The average Bonchev–Trinajstić information content (AvgIpc) is 3.84. The molecule has 0 radical (unpaired) electrons. The van der Waals surface area contributed by atoms with E-state index in [1.165, 1.54) is 4.90 Å². The maximum Gasteiger partial charge on any atom is 0.306 e. The zero-order valence-electron chi connectivity index (χ0n) is 30.0. The number of allylic oxidation sites excluding steroid dienone is 1. The number of aliphatic hydroxyl groups is 1. The van der Waals surface area contributed by atoms with E-state index < -0.39 is 72.0 Å². The maximum absolute atomic E-state index is 15.0. The van der Waals surface area contributed by atoms with Crippen molar-refractivity contribution in [3.63, 3.8) is 0 Å². The topological polar surface area (TPSA) is 135 Å². The Labute approximate surface area is 310 Å². The first-order valence-electron chi connectivity index (χ1n) is 18.1. The normalized spacial score (nSPS) is 23.8. The van der Waals surface area contributed by atoms with Crippen LogP contribution in [0.3, 0.4) is 0 Å². The van der Waals surface area contributed by atoms with Crippen molar-refractivity contribution in [3.8, 4) is 5.75 Å². The lowest BCUT2D eigenvalue weighted by Crippen LogP contribution is -2.59. The van der Waals surface area contributed by atoms with E-state index in [0.717, 1.165) is 11.1 Å². The van der Waals surface area contributed by atoms with Crippen LogP contribution in [0.5, 0.6) is 5.75 Å². The highest BCUT2D eigenvalue weighted by Gasteiger charge is 2.75. The van der Waals surface area contributed by atoms with Gasteiger partial charge in [0, 0.05) is 18.7 Å². The molecule has 11 heteroatoms. The van der Waals surface area contributed by atoms with Crippen LogP contribution >= 0.6 is 0 Å². The second-order valence-electron chi connectivity index (χ2n) is 13.7. The Morgan fingerprint density at radius 2 is 1.74 bits per heavy atom. The Bertz CT molecular complexity index is 1780. The van der Waals surface area contributed by atoms with Gasteiger partial charge in [-0.2, -0.15) is 0 Å². The fourth-order valence-electron chi connectivity index (χ4n) is 8.21. The number of fused-ring (bicyclic) bond motifs is 1. The van der Waals surface area contributed by atoms with E-state index in [2.05, 4.69) is 18.5 Å². The van der Waals surface area contributed by atoms with Gasteiger partial charge in [0.15, 0.2) is 0 Å². The lowest BCUT2D eigenvalue weighted by atomic mass is 9.70. The van der Waals surface area contributed by atoms with Gasteiger partial charge in [-0.3, -0.25) is 19.2 Å². The number of amides is 3. The Morgan fingerprint density at radius 3 is 2.38 bits per heavy atom. The van der Waals surface area contributed by atoms with E-state index in [0.29, 0.717) is 30.7 Å². The third-order valence-corrected chi connectivity index (χ3v) is 10.6. The summed E-state index contributed by atoms with van der Waals surface area (Å²) in [5, 5.41) is 13.9. The van der Waals surface area contributed by atoms with Gasteiger partial charge >= 0.3 is 5.97 Å². The highest BCUT2D eigenvalue weighted by atomic mass is 16.5. The fraction of sp³-hybridized carbons (Fsp3) is 0.381. The lowest BCUT2D eigenvalue weighted by molar-refractivity contribution is -0.146. The van der Waals surface area contributed by atoms with Crippen molar-refractivity contribution < 1.29 is 38.5 Å². The number of carbonyl (C=O) groups is 4. The first kappa shape index (κ1) is 37.5. The van der Waals surface area contributed by atoms with Crippen LogP contribution in [0.25, 0.3) is 0 Å². The van der Waals surface area contributed by atoms with E-state index in [1.54, 1.807) is 48.4 Å². The van der Waals surface area contributed by atoms with Crippen LogP contribution < -0.4 is 15.0 Å². The minimum atomic E-state index is -1.32. The summed E-state index contributed by atoms with van der Waals surface area (Å²) >= 11 is 0. The van der Waals surface area contributed by atoms with Gasteiger partial charge in [-0.1, -0.05) is 72.8 Å². The van der Waals surface area contributed by atoms with Crippen molar-refractivity contribution in [2.24, 2.45) is 11.8 Å². The van der Waals surface area contributed by atoms with Gasteiger partial charge in [-0.05, 0) is 61.1 Å². The van der Waals surface area contributed by atoms with Crippen LogP contribution in [0, 0.1) is 11.8 Å². The molecule has 0 unspecified atom stereocenters. The molecular weight excluding hydrogens is 674 g/mol. The zero-order chi connectivity index (χ0) is 37.5. The molecule has 3 fully saturated rings. The van der Waals surface area contributed by atoms with Gasteiger partial charge < -0.3 is 34.4 Å². The summed E-state index contributed by atoms with van der Waals surface area (Å²) in [4.78, 5) is 59.9. The molecule has 2 N–H and O–H groups in total. The molecular formula is C42H47N3O8. The maximum atomic E-state index is 15.0. The third kappa shape index (κ3) is 7.49. The average molecular weight is 722 g/mol. The summed E-state index contributed by atoms with van der Waals surface area (Å²) in [6.07, 6.45) is 4.37. The summed E-state index contributed by atoms with van der Waals surface area (Å²) in [6, 6.07) is 23.1. The highest BCUT2D eigenvalue weighted by molar-refractivity contribution is 6.05. The van der Waals surface area contributed by atoms with Gasteiger partial charge in [0.25, 0.3) is 5.91 Å². The zero-order valence-corrected chi connectivity index (χ0v) is 30.0. The smallest absolute Gasteiger partial charge is 0.306 e. The van der Waals surface area contributed by atoms with Gasteiger partial charge in [-0.25, -0.2) is 0 Å². The summed E-state index contributed by atoms with van der Waals surface area (Å²) in [6.45, 7) is 7.17. The molecule has 6 rings (SSSR count). The monoisotopic (exact) mass is 721 g/mol. The van der Waals surface area contributed by atoms with Crippen molar-refractivity contribution in [2.75, 3.05) is 31.8 Å². The van der Waals surface area contributed by atoms with E-state index in [4.69, 9.17) is 14.2 Å². The Hall–Kier alpha value is -5.26. The van der Waals surface area contributed by atoms with Gasteiger partial charge in [0.2, 0.25) is 11.8 Å². The Kier molecular flexibility index (Phi) is 11.7. The van der Waals surface area contributed by atoms with E-state index >= 15 is 4.79 Å². The van der Waals surface area contributed by atoms with Crippen LogP contribution in [-0.4, -0.2) is 84.4 Å². The van der Waals surface area contributed by atoms with Crippen LogP contribution in [0.2, 0.25) is 0 Å². The number of methoxy groups -OCH3 is 1. The number of carbonyl (C=O) groups excluding carboxylic acids is 4. The van der Waals surface area contributed by atoms with Crippen molar-refractivity contribution in [1.82, 2.24) is 10.2 Å². The first-order chi connectivity index (χ1) is 25.8. The molecule has 53 heavy (non-hydrogen) atoms. The third-order valence-electron chi connectivity index (χ3n) is 10.6. The molecule has 0 aromatic heterocycles. The first-order valence-corrected chi connectivity index (χ1v) is 18.1. The second-order valence-corrected chi connectivity index (χ2v) is 13.7. The molecule has 2 bridgehead atoms. The Morgan fingerprint density at radius 1 is 1.04 bits per heavy atom. The quantitative estimate of drug-likeness (QED) is 0.153. The lowest BCUT2D eigenvalue weighted by Gasteiger charge is -2.39. The van der Waals surface area contributed by atoms with E-state index in [1.807, 2.05) is 60.7 Å². The van der Waals surface area contributed by atoms with Gasteiger partial charge in [-0.15, -0.1) is 13.2 Å². The molecule has 11 nitrogen and oxygen atoms in total. The number of hydrogen-bond acceptors (Lipinski definition) is 8. The fourth-order valence-corrected chi connectivity index (χ4v) is 8.21. The summed E-state index contributed by atoms with van der Waals surface area (Å²) in [7, 11) is 1.56. The van der Waals surface area contributed by atoms with E-state index in [9.17, 15) is 19.5 Å². The Balaban J connectivity index is 1.36. The predicted molar refractivity (Wildman–Crippen MR) is 199 cm³/mol. The SMILES string of the molecule is C=CCCC(=O)OC[C@H](NC(=O)[C@@H]1[C@@H]2CC[C@]3(O2)[C@H](C(=O)N(CC=C)c2ccc(OC)cc2)N([C@@H](CO)Cc2ccccc2)C(=O)[C@@H]13)c1ccccc1. The number of nitrogens with one attached hydrogen (secondary N) is 1. The summed E-state index contributed by atoms with van der Waals surface area (Å²) in [5.41, 5.74) is 0.857. The molecule has 3 aliphatic heterocycles. The molecule has 0 aliphatic carbocycles. The number of nitrogens with zero attached hydrogens (tertiary/aromatic N) is 2. The minimum absolute atomic E-state index is 0.108. The van der Waals surface area contributed by atoms with Crippen LogP contribution in [0.15, 0.2) is 110 Å². The van der Waals surface area contributed by atoms with Crippen molar-refractivity contribution in [3.05, 3.63) is 121 Å². The molecule has 3 saturated heterocycles. The predicted octanol–water partition coefficient (Wildman–Crippen LogP) is 4.56. The van der Waals surface area contributed by atoms with Crippen LogP contribution in [0.1, 0.15) is 42.9 Å². The largest absolute Gasteiger partial charge is 0.497 e. The van der Waals surface area contributed by atoms with Gasteiger partial charge in [0.1, 0.15) is 24.0 Å². The molecule has 278 valence electrons. The van der Waals surface area contributed by atoms with Gasteiger partial charge in [0.05, 0.1) is 43.7 Å². The standard InChI is InChI=1S/C42H47N3O8/c1-4-6-17-35(47)52-27-33(29-15-11-8-12-16-29)43-39(48)36-34-22-23-42(53-34)37(36)40(49)45(31(26-46)25-28-13-9-7-10-14-28)38(42)41(50)44(24-5-2)30-18-20-32(51-3)21-19-30/h4-5,7-16,18-21,31,33-34,36-38,46H,1-2,6,17,22-27H2,3H3,(H,43,48)/t31-,33+,34+,36-,37-,38+,42-/m1/s1. The summed E-state index contributed by atoms with van der Waals surface area (Å²) in [5.74, 6) is -2.96. The number of hydrogen-bond donors (Lipinski definition) is 2. The molecule has 7 atom stereocenters. The van der Waals surface area contributed by atoms with E-state index in [-0.39, 0.29) is 26.0 Å². The molecule has 3 aromatic carbocycles. The summed E-state index contributed by atoms with van der Waals surface area (Å²) < 4.78 is 17.6. The number of esters is 1. The minimum Gasteiger partial charge on any atom is -0.497 e. The number of rotatable bonds is 17. The molecule has 0 saturated carbocycles. The number of aliphatic hydroxyl groups excluding tert-OH is 1. The van der Waals surface area contributed by atoms with Crippen molar-refractivity contribution in [1.29, 1.82) is 0 Å². The number of anilines is 1. The number of benzene rings is 3. The number of ether oxygens (including phenoxy) is 3.